The number of hydrogen-bond acceptors (Lipinski definition) is 5. The van der Waals surface area contributed by atoms with Crippen molar-refractivity contribution >= 4 is 16.8 Å². The molecule has 0 unspecified atom stereocenters. The van der Waals surface area contributed by atoms with Crippen LogP contribution in [-0.4, -0.2) is 67.4 Å². The van der Waals surface area contributed by atoms with Crippen molar-refractivity contribution in [2.24, 2.45) is 0 Å². The van der Waals surface area contributed by atoms with Gasteiger partial charge in [-0.15, -0.1) is 0 Å². The summed E-state index contributed by atoms with van der Waals surface area (Å²) in [4.78, 5) is 20.0. The Balaban J connectivity index is 1.58. The Morgan fingerprint density at radius 3 is 2.77 bits per heavy atom. The van der Waals surface area contributed by atoms with Gasteiger partial charge in [0.1, 0.15) is 0 Å². The molecule has 0 spiro atoms. The Hall–Kier alpha value is -2.02. The molecule has 0 aliphatic carbocycles. The van der Waals surface area contributed by atoms with Gasteiger partial charge in [-0.05, 0) is 32.0 Å². The van der Waals surface area contributed by atoms with E-state index in [0.29, 0.717) is 18.8 Å². The Labute approximate surface area is 153 Å². The van der Waals surface area contributed by atoms with Gasteiger partial charge < -0.3 is 14.8 Å². The molecule has 2 aliphatic rings. The number of pyridine rings is 1. The predicted molar refractivity (Wildman–Crippen MR) is 99.5 cm³/mol. The number of aryl methyl sites for hydroxylation is 2. The highest BCUT2D eigenvalue weighted by Gasteiger charge is 2.35. The summed E-state index contributed by atoms with van der Waals surface area (Å²) in [6.45, 7) is 8.41. The molecule has 138 valence electrons. The number of ether oxygens (including phenoxy) is 2. The minimum absolute atomic E-state index is 0.00562. The first-order valence-electron chi connectivity index (χ1n) is 9.20. The van der Waals surface area contributed by atoms with Crippen LogP contribution in [0.25, 0.3) is 10.9 Å². The maximum atomic E-state index is 13.1. The van der Waals surface area contributed by atoms with Crippen LogP contribution in [0.4, 0.5) is 0 Å². The fourth-order valence-corrected chi connectivity index (χ4v) is 3.86. The minimum atomic E-state index is -0.0557. The molecule has 1 amide bonds. The second-order valence-corrected chi connectivity index (χ2v) is 7.16. The molecular formula is C20H25N3O3. The highest BCUT2D eigenvalue weighted by Crippen LogP contribution is 2.21. The third-order valence-electron chi connectivity index (χ3n) is 5.22. The number of aromatic nitrogens is 1. The normalized spacial score (nSPS) is 24.1. The quantitative estimate of drug-likeness (QED) is 0.908. The molecule has 1 aromatic carbocycles. The van der Waals surface area contributed by atoms with Crippen LogP contribution in [-0.2, 0) is 9.47 Å². The molecule has 0 radical (unpaired) electrons. The molecule has 2 atom stereocenters. The number of rotatable bonds is 3. The lowest BCUT2D eigenvalue weighted by molar-refractivity contribution is 0.0108. The summed E-state index contributed by atoms with van der Waals surface area (Å²) in [7, 11) is 0. The number of nitrogens with zero attached hydrogens (tertiary/aromatic N) is 2. The Bertz CT molecular complexity index is 817. The monoisotopic (exact) mass is 355 g/mol. The van der Waals surface area contributed by atoms with Crippen molar-refractivity contribution in [2.75, 3.05) is 39.5 Å². The number of carbonyl (C=O) groups excluding carboxylic acids is 1. The lowest BCUT2D eigenvalue weighted by Crippen LogP contribution is -2.54. The first kappa shape index (κ1) is 17.4. The standard InChI is InChI=1S/C20H25N3O3/c1-13-3-4-17-15(9-13)16(10-14(2)21-17)20(24)22-18-11-26-12-19(18)23-5-7-25-8-6-23/h3-4,9-10,18-19H,5-8,11-12H2,1-2H3,(H,22,24)/t18-,19-/m1/s1. The van der Waals surface area contributed by atoms with Gasteiger partial charge in [0.25, 0.3) is 5.91 Å². The van der Waals surface area contributed by atoms with Gasteiger partial charge in [-0.2, -0.15) is 0 Å². The fourth-order valence-electron chi connectivity index (χ4n) is 3.86. The molecule has 4 rings (SSSR count). The van der Waals surface area contributed by atoms with Crippen LogP contribution in [0.3, 0.4) is 0 Å². The molecule has 2 saturated heterocycles. The maximum Gasteiger partial charge on any atom is 0.252 e. The number of hydrogen-bond donors (Lipinski definition) is 1. The zero-order valence-electron chi connectivity index (χ0n) is 15.3. The van der Waals surface area contributed by atoms with E-state index < -0.39 is 0 Å². The van der Waals surface area contributed by atoms with Crippen LogP contribution in [0.5, 0.6) is 0 Å². The van der Waals surface area contributed by atoms with Crippen molar-refractivity contribution in [3.05, 3.63) is 41.1 Å². The highest BCUT2D eigenvalue weighted by atomic mass is 16.5. The molecule has 6 nitrogen and oxygen atoms in total. The number of fused-ring (bicyclic) bond motifs is 1. The van der Waals surface area contributed by atoms with E-state index in [-0.39, 0.29) is 18.0 Å². The zero-order chi connectivity index (χ0) is 18.1. The molecule has 26 heavy (non-hydrogen) atoms. The first-order chi connectivity index (χ1) is 12.6. The van der Waals surface area contributed by atoms with E-state index in [1.165, 1.54) is 0 Å². The molecule has 1 aromatic heterocycles. The van der Waals surface area contributed by atoms with Crippen LogP contribution in [0.1, 0.15) is 21.6 Å². The van der Waals surface area contributed by atoms with E-state index >= 15 is 0 Å². The van der Waals surface area contributed by atoms with E-state index in [1.54, 1.807) is 0 Å². The Morgan fingerprint density at radius 1 is 1.15 bits per heavy atom. The summed E-state index contributed by atoms with van der Waals surface area (Å²) < 4.78 is 11.1. The van der Waals surface area contributed by atoms with Gasteiger partial charge in [0.2, 0.25) is 0 Å². The molecule has 0 saturated carbocycles. The number of nitrogens with one attached hydrogen (secondary N) is 1. The lowest BCUT2D eigenvalue weighted by atomic mass is 10.0. The zero-order valence-corrected chi connectivity index (χ0v) is 15.3. The van der Waals surface area contributed by atoms with E-state index in [1.807, 2.05) is 38.1 Å². The first-order valence-corrected chi connectivity index (χ1v) is 9.20. The average Bonchev–Trinajstić information content (AvgIpc) is 3.10. The lowest BCUT2D eigenvalue weighted by Gasteiger charge is -2.34. The van der Waals surface area contributed by atoms with Gasteiger partial charge in [0, 0.05) is 24.2 Å². The SMILES string of the molecule is Cc1ccc2nc(C)cc(C(=O)N[C@@H]3COC[C@H]3N3CCOCC3)c2c1. The summed E-state index contributed by atoms with van der Waals surface area (Å²) in [6.07, 6.45) is 0. The van der Waals surface area contributed by atoms with Gasteiger partial charge >= 0.3 is 0 Å². The van der Waals surface area contributed by atoms with Gasteiger partial charge in [-0.3, -0.25) is 14.7 Å². The van der Waals surface area contributed by atoms with E-state index in [9.17, 15) is 4.79 Å². The third-order valence-corrected chi connectivity index (χ3v) is 5.22. The fraction of sp³-hybridized carbons (Fsp3) is 0.500. The summed E-state index contributed by atoms with van der Waals surface area (Å²) in [6, 6.07) is 8.10. The highest BCUT2D eigenvalue weighted by molar-refractivity contribution is 6.06. The van der Waals surface area contributed by atoms with Crippen LogP contribution >= 0.6 is 0 Å². The molecule has 0 bridgehead atoms. The smallest absolute Gasteiger partial charge is 0.252 e. The summed E-state index contributed by atoms with van der Waals surface area (Å²) in [5.74, 6) is -0.0557. The van der Waals surface area contributed by atoms with Gasteiger partial charge in [-0.1, -0.05) is 11.6 Å². The van der Waals surface area contributed by atoms with Crippen LogP contribution in [0.15, 0.2) is 24.3 Å². The van der Waals surface area contributed by atoms with Crippen LogP contribution in [0.2, 0.25) is 0 Å². The molecule has 3 heterocycles. The second kappa shape index (κ2) is 7.31. The van der Waals surface area contributed by atoms with E-state index in [0.717, 1.165) is 48.5 Å². The van der Waals surface area contributed by atoms with Crippen molar-refractivity contribution in [3.63, 3.8) is 0 Å². The van der Waals surface area contributed by atoms with Gasteiger partial charge in [0.15, 0.2) is 0 Å². The Morgan fingerprint density at radius 2 is 1.96 bits per heavy atom. The summed E-state index contributed by atoms with van der Waals surface area (Å²) >= 11 is 0. The van der Waals surface area contributed by atoms with Crippen molar-refractivity contribution < 1.29 is 14.3 Å². The van der Waals surface area contributed by atoms with Gasteiger partial charge in [0.05, 0.1) is 49.6 Å². The largest absolute Gasteiger partial charge is 0.379 e. The number of carbonyl (C=O) groups is 1. The summed E-state index contributed by atoms with van der Waals surface area (Å²) in [5.41, 5.74) is 3.50. The molecule has 6 heteroatoms. The number of benzene rings is 1. The van der Waals surface area contributed by atoms with Crippen LogP contribution in [0, 0.1) is 13.8 Å². The third kappa shape index (κ3) is 3.45. The molecule has 2 aromatic rings. The van der Waals surface area contributed by atoms with Crippen molar-refractivity contribution in [2.45, 2.75) is 25.9 Å². The van der Waals surface area contributed by atoms with Crippen molar-refractivity contribution in [3.8, 4) is 0 Å². The van der Waals surface area contributed by atoms with Gasteiger partial charge in [-0.25, -0.2) is 0 Å². The molecular weight excluding hydrogens is 330 g/mol. The number of amides is 1. The average molecular weight is 355 g/mol. The Kier molecular flexibility index (Phi) is 4.89. The molecule has 2 fully saturated rings. The number of morpholine rings is 1. The second-order valence-electron chi connectivity index (χ2n) is 7.16. The van der Waals surface area contributed by atoms with Crippen molar-refractivity contribution in [1.29, 1.82) is 0 Å². The molecule has 1 N–H and O–H groups in total. The van der Waals surface area contributed by atoms with Crippen LogP contribution < -0.4 is 5.32 Å². The summed E-state index contributed by atoms with van der Waals surface area (Å²) in [5, 5.41) is 4.11. The molecule has 2 aliphatic heterocycles. The predicted octanol–water partition coefficient (Wildman–Crippen LogP) is 1.68. The minimum Gasteiger partial charge on any atom is -0.379 e. The van der Waals surface area contributed by atoms with Crippen molar-refractivity contribution in [1.82, 2.24) is 15.2 Å². The maximum absolute atomic E-state index is 13.1. The van der Waals surface area contributed by atoms with E-state index in [4.69, 9.17) is 9.47 Å². The topological polar surface area (TPSA) is 63.7 Å². The van der Waals surface area contributed by atoms with E-state index in [2.05, 4.69) is 15.2 Å².